The largest absolute Gasteiger partial charge is 0.481 e. The first-order valence-corrected chi connectivity index (χ1v) is 5.42. The maximum Gasteiger partial charge on any atom is 0.453 e. The van der Waals surface area contributed by atoms with Gasteiger partial charge in [0.25, 0.3) is 5.82 Å². The van der Waals surface area contributed by atoms with Crippen LogP contribution in [0.1, 0.15) is 31.5 Å². The predicted octanol–water partition coefficient (Wildman–Crippen LogP) is 1.34. The molecular weight excluding hydrogens is 253 g/mol. The molecule has 100 valence electrons. The molecule has 1 aromatic rings. The lowest BCUT2D eigenvalue weighted by Crippen LogP contribution is -2.34. The summed E-state index contributed by atoms with van der Waals surface area (Å²) in [7, 11) is 0. The van der Waals surface area contributed by atoms with Gasteiger partial charge in [0.15, 0.2) is 0 Å². The maximum absolute atomic E-state index is 12.6. The monoisotopic (exact) mass is 264 g/mol. The van der Waals surface area contributed by atoms with E-state index in [1.807, 2.05) is 0 Å². The zero-order valence-electron chi connectivity index (χ0n) is 9.31. The highest BCUT2D eigenvalue weighted by Crippen LogP contribution is 2.40. The first kappa shape index (κ1) is 12.8. The smallest absolute Gasteiger partial charge is 0.453 e. The van der Waals surface area contributed by atoms with E-state index in [1.165, 1.54) is 0 Å². The summed E-state index contributed by atoms with van der Waals surface area (Å²) in [5.41, 5.74) is -1.19. The van der Waals surface area contributed by atoms with Gasteiger partial charge in [-0.15, -0.1) is 5.10 Å². The van der Waals surface area contributed by atoms with Gasteiger partial charge in [0.05, 0.1) is 12.0 Å². The average molecular weight is 264 g/mol. The van der Waals surface area contributed by atoms with Crippen LogP contribution < -0.4 is 0 Å². The Kier molecular flexibility index (Phi) is 2.99. The third-order valence-corrected chi connectivity index (χ3v) is 3.25. The highest BCUT2D eigenvalue weighted by molar-refractivity contribution is 5.74. The number of hydrogen-bond donors (Lipinski definition) is 1. The SMILES string of the molecule is O=C(O)C1(Cn2nnnc2C(F)(F)F)CCCC1. The number of nitrogens with zero attached hydrogens (tertiary/aromatic N) is 4. The second-order valence-electron chi connectivity index (χ2n) is 4.45. The molecular formula is C9H11F3N4O2. The molecule has 1 aliphatic rings. The zero-order chi connectivity index (χ0) is 13.4. The standard InChI is InChI=1S/C9H11F3N4O2/c10-9(11,12)6-13-14-15-16(6)5-8(7(17)18)3-1-2-4-8/h1-5H2,(H,17,18). The van der Waals surface area contributed by atoms with Crippen LogP contribution in [0, 0.1) is 5.41 Å². The molecule has 1 aliphatic carbocycles. The van der Waals surface area contributed by atoms with Crippen LogP contribution in [0.25, 0.3) is 0 Å². The van der Waals surface area contributed by atoms with E-state index in [1.54, 1.807) is 0 Å². The first-order valence-electron chi connectivity index (χ1n) is 5.42. The molecule has 2 rings (SSSR count). The molecule has 0 unspecified atom stereocenters. The Morgan fingerprint density at radius 3 is 2.50 bits per heavy atom. The summed E-state index contributed by atoms with van der Waals surface area (Å²) >= 11 is 0. The molecule has 1 saturated carbocycles. The molecule has 0 atom stereocenters. The normalized spacial score (nSPS) is 19.1. The molecule has 0 spiro atoms. The number of tetrazole rings is 1. The van der Waals surface area contributed by atoms with Crippen LogP contribution in [-0.4, -0.2) is 31.3 Å². The third kappa shape index (κ3) is 2.16. The lowest BCUT2D eigenvalue weighted by molar-refractivity contribution is -0.155. The van der Waals surface area contributed by atoms with Crippen LogP contribution in [0.15, 0.2) is 0 Å². The van der Waals surface area contributed by atoms with Gasteiger partial charge in [0.2, 0.25) is 0 Å². The van der Waals surface area contributed by atoms with E-state index in [0.717, 1.165) is 0 Å². The number of hydrogen-bond acceptors (Lipinski definition) is 4. The fourth-order valence-corrected chi connectivity index (χ4v) is 2.29. The van der Waals surface area contributed by atoms with Crippen molar-refractivity contribution in [2.75, 3.05) is 0 Å². The second-order valence-corrected chi connectivity index (χ2v) is 4.45. The van der Waals surface area contributed by atoms with E-state index < -0.39 is 23.4 Å². The minimum Gasteiger partial charge on any atom is -0.481 e. The Morgan fingerprint density at radius 1 is 1.39 bits per heavy atom. The summed E-state index contributed by atoms with van der Waals surface area (Å²) in [6.07, 6.45) is -2.60. The molecule has 1 N–H and O–H groups in total. The van der Waals surface area contributed by atoms with Crippen molar-refractivity contribution in [3.05, 3.63) is 5.82 Å². The Morgan fingerprint density at radius 2 is 2.00 bits per heavy atom. The number of alkyl halides is 3. The Hall–Kier alpha value is -1.67. The van der Waals surface area contributed by atoms with Crippen molar-refractivity contribution in [1.29, 1.82) is 0 Å². The van der Waals surface area contributed by atoms with Crippen LogP contribution in [0.4, 0.5) is 13.2 Å². The van der Waals surface area contributed by atoms with Gasteiger partial charge in [-0.25, -0.2) is 4.68 Å². The molecule has 0 aromatic carbocycles. The van der Waals surface area contributed by atoms with Gasteiger partial charge >= 0.3 is 12.1 Å². The van der Waals surface area contributed by atoms with Crippen LogP contribution in [0.2, 0.25) is 0 Å². The van der Waals surface area contributed by atoms with Gasteiger partial charge in [-0.1, -0.05) is 12.8 Å². The molecule has 9 heteroatoms. The summed E-state index contributed by atoms with van der Waals surface area (Å²) in [5, 5.41) is 18.3. The van der Waals surface area contributed by atoms with E-state index in [2.05, 4.69) is 15.5 Å². The second kappa shape index (κ2) is 4.21. The molecule has 0 aliphatic heterocycles. The van der Waals surface area contributed by atoms with Crippen LogP contribution >= 0.6 is 0 Å². The van der Waals surface area contributed by atoms with Crippen LogP contribution in [0.3, 0.4) is 0 Å². The molecule has 0 radical (unpaired) electrons. The summed E-state index contributed by atoms with van der Waals surface area (Å²) in [5.74, 6) is -2.35. The number of aromatic nitrogens is 4. The topological polar surface area (TPSA) is 80.9 Å². The van der Waals surface area contributed by atoms with E-state index in [9.17, 15) is 23.1 Å². The molecule has 6 nitrogen and oxygen atoms in total. The van der Waals surface area contributed by atoms with Crippen molar-refractivity contribution >= 4 is 5.97 Å². The summed E-state index contributed by atoms with van der Waals surface area (Å²) in [4.78, 5) is 11.2. The summed E-state index contributed by atoms with van der Waals surface area (Å²) in [6.45, 7) is -0.343. The van der Waals surface area contributed by atoms with Crippen LogP contribution in [0.5, 0.6) is 0 Å². The Bertz CT molecular complexity index is 451. The van der Waals surface area contributed by atoms with Crippen molar-refractivity contribution < 1.29 is 23.1 Å². The number of halogens is 3. The van der Waals surface area contributed by atoms with E-state index in [0.29, 0.717) is 30.4 Å². The molecule has 1 fully saturated rings. The van der Waals surface area contributed by atoms with Crippen molar-refractivity contribution in [1.82, 2.24) is 20.2 Å². The van der Waals surface area contributed by atoms with Gasteiger partial charge in [-0.05, 0) is 23.3 Å². The van der Waals surface area contributed by atoms with E-state index in [-0.39, 0.29) is 6.54 Å². The number of aliphatic carboxylic acids is 1. The predicted molar refractivity (Wildman–Crippen MR) is 51.4 cm³/mol. The zero-order valence-corrected chi connectivity index (χ0v) is 9.31. The summed E-state index contributed by atoms with van der Waals surface area (Å²) < 4.78 is 38.3. The number of carboxylic acid groups (broad SMARTS) is 1. The molecule has 0 bridgehead atoms. The first-order chi connectivity index (χ1) is 8.35. The van der Waals surface area contributed by atoms with Crippen molar-refractivity contribution in [3.8, 4) is 0 Å². The van der Waals surface area contributed by atoms with Crippen molar-refractivity contribution in [3.63, 3.8) is 0 Å². The highest BCUT2D eigenvalue weighted by Gasteiger charge is 2.45. The van der Waals surface area contributed by atoms with Crippen molar-refractivity contribution in [2.45, 2.75) is 38.4 Å². The number of carboxylic acids is 1. The lowest BCUT2D eigenvalue weighted by Gasteiger charge is -2.23. The third-order valence-electron chi connectivity index (χ3n) is 3.25. The van der Waals surface area contributed by atoms with Gasteiger partial charge in [0, 0.05) is 0 Å². The number of rotatable bonds is 3. The van der Waals surface area contributed by atoms with E-state index in [4.69, 9.17) is 0 Å². The Balaban J connectivity index is 2.28. The van der Waals surface area contributed by atoms with Gasteiger partial charge in [-0.2, -0.15) is 13.2 Å². The summed E-state index contributed by atoms with van der Waals surface area (Å²) in [6, 6.07) is 0. The van der Waals surface area contributed by atoms with Gasteiger partial charge in [-0.3, -0.25) is 4.79 Å². The fourth-order valence-electron chi connectivity index (χ4n) is 2.29. The van der Waals surface area contributed by atoms with Gasteiger partial charge < -0.3 is 5.11 Å². The highest BCUT2D eigenvalue weighted by atomic mass is 19.4. The average Bonchev–Trinajstić information content (AvgIpc) is 2.86. The molecule has 1 aromatic heterocycles. The quantitative estimate of drug-likeness (QED) is 0.890. The Labute approximate surface area is 99.8 Å². The maximum atomic E-state index is 12.6. The van der Waals surface area contributed by atoms with Crippen LogP contribution in [-0.2, 0) is 17.5 Å². The minimum atomic E-state index is -4.68. The molecule has 0 amide bonds. The molecule has 18 heavy (non-hydrogen) atoms. The number of carbonyl (C=O) groups is 1. The van der Waals surface area contributed by atoms with E-state index >= 15 is 0 Å². The minimum absolute atomic E-state index is 0.343. The molecule has 0 saturated heterocycles. The molecule has 1 heterocycles. The fraction of sp³-hybridized carbons (Fsp3) is 0.778. The lowest BCUT2D eigenvalue weighted by atomic mass is 9.86. The van der Waals surface area contributed by atoms with Gasteiger partial charge in [0.1, 0.15) is 0 Å². The van der Waals surface area contributed by atoms with Crippen molar-refractivity contribution in [2.24, 2.45) is 5.41 Å².